The molecule has 4 rings (SSSR count). The van der Waals surface area contributed by atoms with E-state index >= 15 is 0 Å². The highest BCUT2D eigenvalue weighted by Gasteiger charge is 2.29. The fourth-order valence-corrected chi connectivity index (χ4v) is 5.52. The van der Waals surface area contributed by atoms with E-state index in [0.717, 1.165) is 23.7 Å². The van der Waals surface area contributed by atoms with Gasteiger partial charge in [0.25, 0.3) is 0 Å². The molecule has 2 fully saturated rings. The number of hydrogen-bond acceptors (Lipinski definition) is 6. The molecule has 2 aromatic rings. The predicted molar refractivity (Wildman–Crippen MR) is 115 cm³/mol. The van der Waals surface area contributed by atoms with Crippen molar-refractivity contribution in [2.45, 2.75) is 44.0 Å². The van der Waals surface area contributed by atoms with Gasteiger partial charge in [0.2, 0.25) is 10.0 Å². The molecule has 1 aromatic heterocycles. The van der Waals surface area contributed by atoms with Crippen LogP contribution in [0.5, 0.6) is 0 Å². The summed E-state index contributed by atoms with van der Waals surface area (Å²) in [6.45, 7) is 7.34. The van der Waals surface area contributed by atoms with E-state index in [1.165, 1.54) is 19.3 Å². The van der Waals surface area contributed by atoms with E-state index in [1.54, 1.807) is 16.4 Å². The molecule has 0 spiro atoms. The topological polar surface area (TPSA) is 69.6 Å². The van der Waals surface area contributed by atoms with E-state index in [2.05, 4.69) is 26.9 Å². The lowest BCUT2D eigenvalue weighted by atomic mass is 10.0. The summed E-state index contributed by atoms with van der Waals surface area (Å²) in [6, 6.07) is 11.6. The monoisotopic (exact) mass is 415 g/mol. The normalized spacial score (nSPS) is 21.4. The Morgan fingerprint density at radius 1 is 0.862 bits per heavy atom. The highest BCUT2D eigenvalue weighted by molar-refractivity contribution is 7.89. The van der Waals surface area contributed by atoms with Crippen LogP contribution in [0, 0.1) is 6.92 Å². The van der Waals surface area contributed by atoms with Crippen molar-refractivity contribution in [2.24, 2.45) is 0 Å². The molecule has 0 amide bonds. The van der Waals surface area contributed by atoms with E-state index < -0.39 is 10.0 Å². The molecule has 1 unspecified atom stereocenters. The predicted octanol–water partition coefficient (Wildman–Crippen LogP) is 2.67. The van der Waals surface area contributed by atoms with Gasteiger partial charge in [0.1, 0.15) is 0 Å². The highest BCUT2D eigenvalue weighted by Crippen LogP contribution is 2.24. The summed E-state index contributed by atoms with van der Waals surface area (Å²) in [6.07, 6.45) is 3.67. The molecule has 2 aliphatic heterocycles. The Morgan fingerprint density at radius 2 is 1.52 bits per heavy atom. The second kappa shape index (κ2) is 8.28. The number of hydrogen-bond donors (Lipinski definition) is 0. The fourth-order valence-electron chi connectivity index (χ4n) is 4.10. The first-order valence-electron chi connectivity index (χ1n) is 10.4. The van der Waals surface area contributed by atoms with Crippen LogP contribution < -0.4 is 9.80 Å². The number of aromatic nitrogens is 2. The van der Waals surface area contributed by atoms with Crippen molar-refractivity contribution in [2.75, 3.05) is 42.5 Å². The minimum atomic E-state index is -3.45. The maximum Gasteiger partial charge on any atom is 0.243 e. The Balaban J connectivity index is 1.40. The zero-order chi connectivity index (χ0) is 20.4. The number of sulfonamides is 1. The summed E-state index contributed by atoms with van der Waals surface area (Å²) in [5, 5.41) is 8.89. The summed E-state index contributed by atoms with van der Waals surface area (Å²) >= 11 is 0. The summed E-state index contributed by atoms with van der Waals surface area (Å²) < 4.78 is 27.3. The smallest absolute Gasteiger partial charge is 0.243 e. The van der Waals surface area contributed by atoms with Crippen molar-refractivity contribution in [3.63, 3.8) is 0 Å². The van der Waals surface area contributed by atoms with Crippen LogP contribution in [0.15, 0.2) is 41.3 Å². The molecular weight excluding hydrogens is 386 g/mol. The number of piperazine rings is 1. The first-order valence-corrected chi connectivity index (χ1v) is 11.8. The van der Waals surface area contributed by atoms with E-state index in [-0.39, 0.29) is 0 Å². The number of piperidine rings is 1. The molecule has 0 saturated carbocycles. The van der Waals surface area contributed by atoms with Crippen molar-refractivity contribution < 1.29 is 8.42 Å². The molecule has 3 heterocycles. The molecule has 1 aromatic carbocycles. The van der Waals surface area contributed by atoms with Gasteiger partial charge >= 0.3 is 0 Å². The van der Waals surface area contributed by atoms with E-state index in [9.17, 15) is 8.42 Å². The second-order valence-electron chi connectivity index (χ2n) is 7.99. The summed E-state index contributed by atoms with van der Waals surface area (Å²) in [5.41, 5.74) is 1.05. The SMILES string of the molecule is Cc1ccc(S(=O)(=O)N2CCN(c3ccc(N4CCCCC4C)nn3)CC2)cc1. The first-order chi connectivity index (χ1) is 13.9. The molecule has 0 N–H and O–H groups in total. The molecule has 8 heteroatoms. The first kappa shape index (κ1) is 20.1. The third-order valence-electron chi connectivity index (χ3n) is 5.96. The van der Waals surface area contributed by atoms with Crippen molar-refractivity contribution in [3.8, 4) is 0 Å². The van der Waals surface area contributed by atoms with E-state index in [0.29, 0.717) is 37.1 Å². The van der Waals surface area contributed by atoms with Crippen LogP contribution in [0.4, 0.5) is 11.6 Å². The van der Waals surface area contributed by atoms with E-state index in [1.807, 2.05) is 31.2 Å². The lowest BCUT2D eigenvalue weighted by Crippen LogP contribution is -2.49. The van der Waals surface area contributed by atoms with Crippen LogP contribution in [0.3, 0.4) is 0 Å². The molecule has 2 saturated heterocycles. The average Bonchev–Trinajstić information content (AvgIpc) is 2.75. The van der Waals surface area contributed by atoms with Crippen molar-refractivity contribution in [1.82, 2.24) is 14.5 Å². The molecule has 1 atom stereocenters. The van der Waals surface area contributed by atoms with Gasteiger partial charge in [-0.1, -0.05) is 17.7 Å². The molecule has 29 heavy (non-hydrogen) atoms. The Kier molecular flexibility index (Phi) is 5.74. The number of benzene rings is 1. The average molecular weight is 416 g/mol. The maximum atomic E-state index is 12.9. The fraction of sp³-hybridized carbons (Fsp3) is 0.524. The Bertz CT molecular complexity index is 923. The van der Waals surface area contributed by atoms with Gasteiger partial charge in [-0.05, 0) is 57.4 Å². The number of nitrogens with zero attached hydrogens (tertiary/aromatic N) is 5. The van der Waals surface area contributed by atoms with Crippen LogP contribution in [-0.4, -0.2) is 61.7 Å². The lowest BCUT2D eigenvalue weighted by molar-refractivity contribution is 0.383. The van der Waals surface area contributed by atoms with Crippen molar-refractivity contribution in [3.05, 3.63) is 42.0 Å². The summed E-state index contributed by atoms with van der Waals surface area (Å²) in [7, 11) is -3.45. The van der Waals surface area contributed by atoms with Crippen molar-refractivity contribution in [1.29, 1.82) is 0 Å². The Labute approximate surface area is 173 Å². The maximum absolute atomic E-state index is 12.9. The molecule has 0 radical (unpaired) electrons. The van der Waals surface area contributed by atoms with Crippen molar-refractivity contribution >= 4 is 21.7 Å². The third-order valence-corrected chi connectivity index (χ3v) is 7.87. The molecule has 0 bridgehead atoms. The van der Waals surface area contributed by atoms with Crippen LogP contribution in [0.25, 0.3) is 0 Å². The molecule has 0 aliphatic carbocycles. The molecule has 156 valence electrons. The summed E-state index contributed by atoms with van der Waals surface area (Å²) in [5.74, 6) is 1.74. The molecular formula is C21H29N5O2S. The zero-order valence-corrected chi connectivity index (χ0v) is 18.0. The van der Waals surface area contributed by atoms with Gasteiger partial charge in [-0.15, -0.1) is 10.2 Å². The summed E-state index contributed by atoms with van der Waals surface area (Å²) in [4.78, 5) is 4.79. The van der Waals surface area contributed by atoms with E-state index in [4.69, 9.17) is 0 Å². The number of rotatable bonds is 4. The number of aryl methyl sites for hydroxylation is 1. The van der Waals surface area contributed by atoms with Gasteiger partial charge in [-0.25, -0.2) is 8.42 Å². The van der Waals surface area contributed by atoms with Gasteiger partial charge in [0, 0.05) is 38.8 Å². The van der Waals surface area contributed by atoms with Crippen LogP contribution in [0.1, 0.15) is 31.7 Å². The van der Waals surface area contributed by atoms with Gasteiger partial charge in [0.15, 0.2) is 11.6 Å². The highest BCUT2D eigenvalue weighted by atomic mass is 32.2. The Morgan fingerprint density at radius 3 is 2.14 bits per heavy atom. The second-order valence-corrected chi connectivity index (χ2v) is 9.93. The largest absolute Gasteiger partial charge is 0.352 e. The van der Waals surface area contributed by atoms with Crippen LogP contribution in [-0.2, 0) is 10.0 Å². The zero-order valence-electron chi connectivity index (χ0n) is 17.2. The van der Waals surface area contributed by atoms with Gasteiger partial charge < -0.3 is 9.80 Å². The van der Waals surface area contributed by atoms with Gasteiger partial charge in [0.05, 0.1) is 4.90 Å². The van der Waals surface area contributed by atoms with Gasteiger partial charge in [-0.2, -0.15) is 4.31 Å². The lowest BCUT2D eigenvalue weighted by Gasteiger charge is -2.35. The quantitative estimate of drug-likeness (QED) is 0.765. The number of anilines is 2. The Hall–Kier alpha value is -2.19. The molecule has 2 aliphatic rings. The van der Waals surface area contributed by atoms with Crippen LogP contribution >= 0.6 is 0 Å². The van der Waals surface area contributed by atoms with Gasteiger partial charge in [-0.3, -0.25) is 0 Å². The standard InChI is InChI=1S/C21H29N5O2S/c1-17-6-8-19(9-7-17)29(27,28)25-15-13-24(14-16-25)20-10-11-21(23-22-20)26-12-4-3-5-18(26)2/h6-11,18H,3-5,12-16H2,1-2H3. The minimum Gasteiger partial charge on any atom is -0.352 e. The minimum absolute atomic E-state index is 0.358. The molecule has 7 nitrogen and oxygen atoms in total. The third kappa shape index (κ3) is 4.23. The van der Waals surface area contributed by atoms with Crippen LogP contribution in [0.2, 0.25) is 0 Å².